The van der Waals surface area contributed by atoms with Crippen molar-refractivity contribution in [3.05, 3.63) is 11.8 Å². The average molecular weight is 171 g/mol. The maximum Gasteiger partial charge on any atom is 0.0231 e. The lowest BCUT2D eigenvalue weighted by Gasteiger charge is -2.15. The predicted octanol–water partition coefficient (Wildman–Crippen LogP) is 0.956. The molecule has 0 aliphatic heterocycles. The fourth-order valence-corrected chi connectivity index (χ4v) is 0.909. The molecule has 0 saturated carbocycles. The van der Waals surface area contributed by atoms with Crippen LogP contribution < -0.4 is 10.9 Å². The molecule has 0 atom stereocenters. The van der Waals surface area contributed by atoms with Gasteiger partial charge in [-0.25, -0.2) is 5.43 Å². The van der Waals surface area contributed by atoms with Gasteiger partial charge in [0.05, 0.1) is 0 Å². The molecule has 2 N–H and O–H groups in total. The monoisotopic (exact) mass is 171 g/mol. The number of hydrazine groups is 1. The molecule has 0 aromatic carbocycles. The molecule has 3 heteroatoms. The van der Waals surface area contributed by atoms with E-state index < -0.39 is 0 Å². The third kappa shape index (κ3) is 5.16. The van der Waals surface area contributed by atoms with E-state index in [1.807, 2.05) is 14.0 Å². The second-order valence-corrected chi connectivity index (χ2v) is 2.83. The van der Waals surface area contributed by atoms with Gasteiger partial charge in [-0.3, -0.25) is 0 Å². The van der Waals surface area contributed by atoms with Crippen molar-refractivity contribution in [1.29, 1.82) is 0 Å². The Morgan fingerprint density at radius 2 is 2.17 bits per heavy atom. The lowest BCUT2D eigenvalue weighted by atomic mass is 10.3. The summed E-state index contributed by atoms with van der Waals surface area (Å²) in [7, 11) is 4.01. The Labute approximate surface area is 75.8 Å². The van der Waals surface area contributed by atoms with E-state index >= 15 is 0 Å². The first-order valence-corrected chi connectivity index (χ1v) is 4.51. The molecule has 3 nitrogen and oxygen atoms in total. The summed E-state index contributed by atoms with van der Waals surface area (Å²) in [5.41, 5.74) is 7.27. The molecule has 0 spiro atoms. The van der Waals surface area contributed by atoms with Crippen molar-refractivity contribution in [2.75, 3.05) is 27.2 Å². The highest BCUT2D eigenvalue weighted by Gasteiger charge is 1.97. The Bertz CT molecular complexity index is 132. The van der Waals surface area contributed by atoms with E-state index in [9.17, 15) is 0 Å². The summed E-state index contributed by atoms with van der Waals surface area (Å²) in [6.07, 6.45) is 3.17. The molecule has 12 heavy (non-hydrogen) atoms. The highest BCUT2D eigenvalue weighted by Crippen LogP contribution is 1.96. The molecule has 0 saturated heterocycles. The Hall–Kier alpha value is -0.540. The first kappa shape index (κ1) is 11.5. The van der Waals surface area contributed by atoms with Crippen LogP contribution in [0.5, 0.6) is 0 Å². The van der Waals surface area contributed by atoms with Crippen molar-refractivity contribution in [1.82, 2.24) is 15.8 Å². The first-order chi connectivity index (χ1) is 5.74. The Kier molecular flexibility index (Phi) is 6.81. The highest BCUT2D eigenvalue weighted by atomic mass is 15.3. The van der Waals surface area contributed by atoms with Crippen molar-refractivity contribution >= 4 is 0 Å². The molecule has 0 amide bonds. The fourth-order valence-electron chi connectivity index (χ4n) is 0.909. The molecular weight excluding hydrogens is 150 g/mol. The van der Waals surface area contributed by atoms with Gasteiger partial charge >= 0.3 is 0 Å². The van der Waals surface area contributed by atoms with E-state index in [2.05, 4.69) is 35.8 Å². The van der Waals surface area contributed by atoms with E-state index in [0.717, 1.165) is 19.5 Å². The van der Waals surface area contributed by atoms with Crippen LogP contribution in [0.2, 0.25) is 0 Å². The van der Waals surface area contributed by atoms with Crippen molar-refractivity contribution < 1.29 is 0 Å². The third-order valence-corrected chi connectivity index (χ3v) is 1.94. The Balaban J connectivity index is 3.58. The van der Waals surface area contributed by atoms with Crippen LogP contribution in [-0.2, 0) is 0 Å². The summed E-state index contributed by atoms with van der Waals surface area (Å²) in [6.45, 7) is 6.42. The minimum atomic E-state index is 1.07. The summed E-state index contributed by atoms with van der Waals surface area (Å²) in [5, 5.41) is 0. The molecule has 0 fully saturated rings. The van der Waals surface area contributed by atoms with Crippen molar-refractivity contribution in [2.45, 2.75) is 20.3 Å². The maximum absolute atomic E-state index is 3.10. The lowest BCUT2D eigenvalue weighted by molar-refractivity contribution is 0.352. The summed E-state index contributed by atoms with van der Waals surface area (Å²) in [4.78, 5) is 2.29. The van der Waals surface area contributed by atoms with Gasteiger partial charge in [0.15, 0.2) is 0 Å². The van der Waals surface area contributed by atoms with Crippen LogP contribution in [-0.4, -0.2) is 32.1 Å². The summed E-state index contributed by atoms with van der Waals surface area (Å²) < 4.78 is 0. The second kappa shape index (κ2) is 7.13. The number of hydrogen-bond donors (Lipinski definition) is 2. The van der Waals surface area contributed by atoms with Gasteiger partial charge in [0.2, 0.25) is 0 Å². The summed E-state index contributed by atoms with van der Waals surface area (Å²) in [5.74, 6) is 0. The van der Waals surface area contributed by atoms with Gasteiger partial charge in [0.1, 0.15) is 0 Å². The van der Waals surface area contributed by atoms with Crippen LogP contribution in [0.3, 0.4) is 0 Å². The zero-order chi connectivity index (χ0) is 9.40. The van der Waals surface area contributed by atoms with Crippen LogP contribution in [0.1, 0.15) is 20.3 Å². The van der Waals surface area contributed by atoms with Gasteiger partial charge in [0.25, 0.3) is 0 Å². The van der Waals surface area contributed by atoms with E-state index in [0.29, 0.717) is 0 Å². The van der Waals surface area contributed by atoms with E-state index in [1.54, 1.807) is 0 Å². The number of allylic oxidation sites excluding steroid dienone is 1. The summed E-state index contributed by atoms with van der Waals surface area (Å²) in [6, 6.07) is 0. The molecule has 0 unspecified atom stereocenters. The topological polar surface area (TPSA) is 27.3 Å². The van der Waals surface area contributed by atoms with Crippen LogP contribution in [0.4, 0.5) is 0 Å². The lowest BCUT2D eigenvalue weighted by Crippen LogP contribution is -2.29. The normalized spacial score (nSPS) is 12.2. The molecule has 72 valence electrons. The average Bonchev–Trinajstić information content (AvgIpc) is 2.11. The van der Waals surface area contributed by atoms with E-state index in [-0.39, 0.29) is 0 Å². The Morgan fingerprint density at radius 3 is 2.58 bits per heavy atom. The van der Waals surface area contributed by atoms with Crippen molar-refractivity contribution in [2.24, 2.45) is 0 Å². The quantitative estimate of drug-likeness (QED) is 0.583. The largest absolute Gasteiger partial charge is 0.326 e. The predicted molar refractivity (Wildman–Crippen MR) is 53.7 cm³/mol. The molecule has 0 aliphatic rings. The van der Waals surface area contributed by atoms with Gasteiger partial charge < -0.3 is 10.3 Å². The molecule has 0 heterocycles. The number of nitrogens with one attached hydrogen (secondary N) is 2. The van der Waals surface area contributed by atoms with Gasteiger partial charge in [0, 0.05) is 25.7 Å². The molecular formula is C9H21N3. The number of hydrogen-bond acceptors (Lipinski definition) is 3. The van der Waals surface area contributed by atoms with Gasteiger partial charge in [-0.2, -0.15) is 0 Å². The van der Waals surface area contributed by atoms with Crippen LogP contribution in [0.15, 0.2) is 11.8 Å². The van der Waals surface area contributed by atoms with Gasteiger partial charge in [-0.15, -0.1) is 0 Å². The highest BCUT2D eigenvalue weighted by molar-refractivity contribution is 4.96. The smallest absolute Gasteiger partial charge is 0.0231 e. The molecule has 0 aliphatic carbocycles. The SMILES string of the molecule is C/C=C(/CCN(C)CC)NNC. The zero-order valence-corrected chi connectivity index (χ0v) is 8.65. The van der Waals surface area contributed by atoms with Crippen molar-refractivity contribution in [3.63, 3.8) is 0 Å². The summed E-state index contributed by atoms with van der Waals surface area (Å²) >= 11 is 0. The van der Waals surface area contributed by atoms with Crippen LogP contribution >= 0.6 is 0 Å². The molecule has 0 aromatic rings. The molecule has 0 aromatic heterocycles. The Morgan fingerprint density at radius 1 is 1.50 bits per heavy atom. The molecule has 0 rings (SSSR count). The van der Waals surface area contributed by atoms with E-state index in [4.69, 9.17) is 0 Å². The second-order valence-electron chi connectivity index (χ2n) is 2.83. The molecule has 0 radical (unpaired) electrons. The van der Waals surface area contributed by atoms with Crippen LogP contribution in [0, 0.1) is 0 Å². The van der Waals surface area contributed by atoms with Crippen LogP contribution in [0.25, 0.3) is 0 Å². The maximum atomic E-state index is 3.10. The standard InChI is InChI=1S/C9H21N3/c1-5-9(11-10-3)7-8-12(4)6-2/h5,10-11H,6-8H2,1-4H3/b9-5-. The van der Waals surface area contributed by atoms with Gasteiger partial charge in [-0.1, -0.05) is 13.0 Å². The van der Waals surface area contributed by atoms with Gasteiger partial charge in [-0.05, 0) is 20.5 Å². The first-order valence-electron chi connectivity index (χ1n) is 4.51. The van der Waals surface area contributed by atoms with Crippen molar-refractivity contribution in [3.8, 4) is 0 Å². The number of nitrogens with zero attached hydrogens (tertiary/aromatic N) is 1. The zero-order valence-electron chi connectivity index (χ0n) is 8.65. The fraction of sp³-hybridized carbons (Fsp3) is 0.778. The number of rotatable bonds is 6. The minimum absolute atomic E-state index is 1.07. The minimum Gasteiger partial charge on any atom is -0.326 e. The van der Waals surface area contributed by atoms with E-state index in [1.165, 1.54) is 5.70 Å². The third-order valence-electron chi connectivity index (χ3n) is 1.94. The molecule has 0 bridgehead atoms.